The van der Waals surface area contributed by atoms with Crippen LogP contribution in [0.15, 0.2) is 41.0 Å². The third kappa shape index (κ3) is 3.55. The number of amides is 1. The predicted octanol–water partition coefficient (Wildman–Crippen LogP) is 1.53. The highest BCUT2D eigenvalue weighted by Gasteiger charge is 2.26. The molecule has 1 N–H and O–H groups in total. The van der Waals surface area contributed by atoms with Crippen molar-refractivity contribution in [3.63, 3.8) is 0 Å². The Hall–Kier alpha value is -2.31. The van der Waals surface area contributed by atoms with Gasteiger partial charge in [0.05, 0.1) is 19.0 Å². The molecule has 0 spiro atoms. The molecule has 3 heterocycles. The summed E-state index contributed by atoms with van der Waals surface area (Å²) in [4.78, 5) is 16.3. The fraction of sp³-hybridized carbons (Fsp3) is 0.421. The van der Waals surface area contributed by atoms with Gasteiger partial charge in [-0.2, -0.15) is 0 Å². The minimum atomic E-state index is -0.570. The normalized spacial score (nSPS) is 20.8. The van der Waals surface area contributed by atoms with Crippen molar-refractivity contribution in [1.82, 2.24) is 9.80 Å². The number of hydrogen-bond acceptors (Lipinski definition) is 5. The number of rotatable bonds is 3. The van der Waals surface area contributed by atoms with Crippen LogP contribution in [-0.2, 0) is 13.0 Å². The maximum atomic E-state index is 12.4. The van der Waals surface area contributed by atoms with Crippen LogP contribution in [0.4, 0.5) is 0 Å². The van der Waals surface area contributed by atoms with E-state index in [2.05, 4.69) is 17.0 Å². The van der Waals surface area contributed by atoms with Crippen LogP contribution in [0.3, 0.4) is 0 Å². The Balaban J connectivity index is 1.42. The van der Waals surface area contributed by atoms with Crippen molar-refractivity contribution in [3.8, 4) is 5.75 Å². The van der Waals surface area contributed by atoms with Crippen LogP contribution in [0, 0.1) is 0 Å². The minimum absolute atomic E-state index is 0.166. The average molecular weight is 342 g/mol. The number of fused-ring (bicyclic) bond motifs is 1. The van der Waals surface area contributed by atoms with E-state index in [1.165, 1.54) is 17.4 Å². The molecule has 0 saturated carbocycles. The fourth-order valence-electron chi connectivity index (χ4n) is 3.54. The van der Waals surface area contributed by atoms with Gasteiger partial charge in [0.25, 0.3) is 5.91 Å². The van der Waals surface area contributed by atoms with Gasteiger partial charge in [0.15, 0.2) is 5.76 Å². The molecule has 0 aliphatic carbocycles. The Morgan fingerprint density at radius 3 is 3.00 bits per heavy atom. The maximum absolute atomic E-state index is 12.4. The molecule has 1 atom stereocenters. The number of carbonyl (C=O) groups excluding carboxylic acids is 1. The van der Waals surface area contributed by atoms with Crippen LogP contribution in [0.25, 0.3) is 0 Å². The molecule has 0 bridgehead atoms. The lowest BCUT2D eigenvalue weighted by Crippen LogP contribution is -2.37. The zero-order chi connectivity index (χ0) is 17.2. The second-order valence-corrected chi connectivity index (χ2v) is 6.66. The molecule has 2 aliphatic heterocycles. The molecular formula is C19H22N2O4. The molecule has 0 radical (unpaired) electrons. The lowest BCUT2D eigenvalue weighted by Gasteiger charge is -2.21. The summed E-state index contributed by atoms with van der Waals surface area (Å²) in [6.45, 7) is 3.68. The third-order valence-corrected chi connectivity index (χ3v) is 4.77. The molecule has 1 saturated heterocycles. The first-order valence-electron chi connectivity index (χ1n) is 8.67. The quantitative estimate of drug-likeness (QED) is 0.916. The Labute approximate surface area is 146 Å². The largest absolute Gasteiger partial charge is 0.493 e. The van der Waals surface area contributed by atoms with Crippen LogP contribution in [0.5, 0.6) is 5.75 Å². The molecule has 2 aliphatic rings. The van der Waals surface area contributed by atoms with E-state index in [-0.39, 0.29) is 5.91 Å². The summed E-state index contributed by atoms with van der Waals surface area (Å²) in [5.74, 6) is 1.13. The van der Waals surface area contributed by atoms with Crippen LogP contribution in [0.1, 0.15) is 21.7 Å². The first kappa shape index (κ1) is 16.2. The molecule has 0 unspecified atom stereocenters. The Morgan fingerprint density at radius 2 is 2.16 bits per heavy atom. The van der Waals surface area contributed by atoms with Gasteiger partial charge in [-0.1, -0.05) is 12.1 Å². The molecular weight excluding hydrogens is 320 g/mol. The van der Waals surface area contributed by atoms with Gasteiger partial charge in [-0.05, 0) is 29.3 Å². The summed E-state index contributed by atoms with van der Waals surface area (Å²) in [7, 11) is 0. The van der Waals surface area contributed by atoms with Crippen LogP contribution in [-0.4, -0.2) is 59.7 Å². The number of furan rings is 1. The first-order chi connectivity index (χ1) is 12.2. The highest BCUT2D eigenvalue weighted by atomic mass is 16.5. The van der Waals surface area contributed by atoms with E-state index < -0.39 is 6.10 Å². The van der Waals surface area contributed by atoms with Gasteiger partial charge >= 0.3 is 0 Å². The molecule has 25 heavy (non-hydrogen) atoms. The van der Waals surface area contributed by atoms with Crippen LogP contribution >= 0.6 is 0 Å². The summed E-state index contributed by atoms with van der Waals surface area (Å²) in [5, 5.41) is 10.3. The maximum Gasteiger partial charge on any atom is 0.289 e. The SMILES string of the molecule is O=C(c1ccco1)N1CCN(Cc2ccc3c(c2)CCO3)C[C@H](O)C1. The van der Waals surface area contributed by atoms with Crippen molar-refractivity contribution >= 4 is 5.91 Å². The Kier molecular flexibility index (Phi) is 4.46. The highest BCUT2D eigenvalue weighted by molar-refractivity contribution is 5.91. The van der Waals surface area contributed by atoms with E-state index in [4.69, 9.17) is 9.15 Å². The molecule has 1 aromatic heterocycles. The molecule has 1 amide bonds. The van der Waals surface area contributed by atoms with E-state index in [1.807, 2.05) is 6.07 Å². The lowest BCUT2D eigenvalue weighted by atomic mass is 10.1. The second-order valence-electron chi connectivity index (χ2n) is 6.66. The van der Waals surface area contributed by atoms with Gasteiger partial charge in [-0.15, -0.1) is 0 Å². The number of β-amino-alcohol motifs (C(OH)–C–C–N with tert-alkyl or cyclic N) is 1. The smallest absolute Gasteiger partial charge is 0.289 e. The zero-order valence-electron chi connectivity index (χ0n) is 14.1. The van der Waals surface area contributed by atoms with Gasteiger partial charge in [-0.25, -0.2) is 0 Å². The molecule has 6 nitrogen and oxygen atoms in total. The fourth-order valence-corrected chi connectivity index (χ4v) is 3.54. The second kappa shape index (κ2) is 6.90. The van der Waals surface area contributed by atoms with Gasteiger partial charge in [0, 0.05) is 39.1 Å². The first-order valence-corrected chi connectivity index (χ1v) is 8.67. The number of nitrogens with zero attached hydrogens (tertiary/aromatic N) is 2. The molecule has 2 aromatic rings. The molecule has 132 valence electrons. The van der Waals surface area contributed by atoms with E-state index in [0.717, 1.165) is 31.9 Å². The summed E-state index contributed by atoms with van der Waals surface area (Å²) < 4.78 is 10.7. The van der Waals surface area contributed by atoms with Gasteiger partial charge < -0.3 is 19.2 Å². The number of benzene rings is 1. The van der Waals surface area contributed by atoms with Crippen molar-refractivity contribution < 1.29 is 19.1 Å². The van der Waals surface area contributed by atoms with Crippen molar-refractivity contribution in [2.45, 2.75) is 19.1 Å². The Morgan fingerprint density at radius 1 is 1.24 bits per heavy atom. The average Bonchev–Trinajstić information content (AvgIpc) is 3.25. The van der Waals surface area contributed by atoms with Gasteiger partial charge in [0.2, 0.25) is 0 Å². The van der Waals surface area contributed by atoms with Crippen molar-refractivity contribution in [2.75, 3.05) is 32.8 Å². The van der Waals surface area contributed by atoms with Crippen LogP contribution in [0.2, 0.25) is 0 Å². The lowest BCUT2D eigenvalue weighted by molar-refractivity contribution is 0.0634. The summed E-state index contributed by atoms with van der Waals surface area (Å²) >= 11 is 0. The van der Waals surface area contributed by atoms with Crippen molar-refractivity contribution in [3.05, 3.63) is 53.5 Å². The van der Waals surface area contributed by atoms with Crippen molar-refractivity contribution in [1.29, 1.82) is 0 Å². The summed E-state index contributed by atoms with van der Waals surface area (Å²) in [6, 6.07) is 9.65. The number of aliphatic hydroxyl groups excluding tert-OH is 1. The summed E-state index contributed by atoms with van der Waals surface area (Å²) in [5.41, 5.74) is 2.46. The van der Waals surface area contributed by atoms with E-state index in [9.17, 15) is 9.90 Å². The zero-order valence-corrected chi connectivity index (χ0v) is 14.1. The Bertz CT molecular complexity index is 744. The number of carbonyl (C=O) groups is 1. The van der Waals surface area contributed by atoms with Crippen LogP contribution < -0.4 is 4.74 Å². The highest BCUT2D eigenvalue weighted by Crippen LogP contribution is 2.26. The molecule has 4 rings (SSSR count). The van der Waals surface area contributed by atoms with Crippen molar-refractivity contribution in [2.24, 2.45) is 0 Å². The predicted molar refractivity (Wildman–Crippen MR) is 91.5 cm³/mol. The van der Waals surface area contributed by atoms with E-state index in [1.54, 1.807) is 17.0 Å². The number of aliphatic hydroxyl groups is 1. The van der Waals surface area contributed by atoms with E-state index >= 15 is 0 Å². The third-order valence-electron chi connectivity index (χ3n) is 4.77. The molecule has 1 fully saturated rings. The minimum Gasteiger partial charge on any atom is -0.493 e. The summed E-state index contributed by atoms with van der Waals surface area (Å²) in [6.07, 6.45) is 1.88. The molecule has 1 aromatic carbocycles. The van der Waals surface area contributed by atoms with Gasteiger partial charge in [-0.3, -0.25) is 9.69 Å². The number of ether oxygens (including phenoxy) is 1. The monoisotopic (exact) mass is 342 g/mol. The standard InChI is InChI=1S/C19H22N2O4/c22-16-12-20(11-14-3-4-17-15(10-14)5-9-25-17)6-7-21(13-16)19(23)18-2-1-8-24-18/h1-4,8,10,16,22H,5-7,9,11-13H2/t16-/m0/s1. The number of hydrogen-bond donors (Lipinski definition) is 1. The van der Waals surface area contributed by atoms with E-state index in [0.29, 0.717) is 25.4 Å². The van der Waals surface area contributed by atoms with Gasteiger partial charge in [0.1, 0.15) is 5.75 Å². The molecule has 6 heteroatoms. The topological polar surface area (TPSA) is 66.2 Å².